The van der Waals surface area contributed by atoms with Gasteiger partial charge in [0.15, 0.2) is 0 Å². The summed E-state index contributed by atoms with van der Waals surface area (Å²) in [6.45, 7) is 0.562. The SMILES string of the molecule is NC(=O)N1CC=Cc2ccccc21.c1ccc2cnccc2c1. The second-order valence-corrected chi connectivity index (χ2v) is 5.13. The smallest absolute Gasteiger partial charge is 0.319 e. The fourth-order valence-corrected chi connectivity index (χ4v) is 2.49. The molecule has 23 heavy (non-hydrogen) atoms. The van der Waals surface area contributed by atoms with Crippen molar-refractivity contribution in [3.8, 4) is 0 Å². The number of carbonyl (C=O) groups excluding carboxylic acids is 1. The highest BCUT2D eigenvalue weighted by molar-refractivity contribution is 5.94. The molecule has 2 amide bonds. The molecule has 2 N–H and O–H groups in total. The van der Waals surface area contributed by atoms with Gasteiger partial charge in [0.2, 0.25) is 0 Å². The summed E-state index contributed by atoms with van der Waals surface area (Å²) in [5.74, 6) is 0. The second kappa shape index (κ2) is 6.75. The van der Waals surface area contributed by atoms with Gasteiger partial charge in [-0.1, -0.05) is 54.6 Å². The Morgan fingerprint density at radius 2 is 1.74 bits per heavy atom. The monoisotopic (exact) mass is 303 g/mol. The molecule has 4 nitrogen and oxygen atoms in total. The summed E-state index contributed by atoms with van der Waals surface area (Å²) in [6, 6.07) is 17.5. The first-order chi connectivity index (χ1) is 11.3. The molecule has 0 radical (unpaired) electrons. The van der Waals surface area contributed by atoms with Gasteiger partial charge in [0.05, 0.1) is 5.69 Å². The number of rotatable bonds is 0. The van der Waals surface area contributed by atoms with Crippen LogP contribution in [0.2, 0.25) is 0 Å². The Morgan fingerprint density at radius 1 is 1.00 bits per heavy atom. The van der Waals surface area contributed by atoms with Crippen LogP contribution in [0.25, 0.3) is 16.8 Å². The highest BCUT2D eigenvalue weighted by Crippen LogP contribution is 2.24. The summed E-state index contributed by atoms with van der Waals surface area (Å²) in [7, 11) is 0. The number of para-hydroxylation sites is 1. The summed E-state index contributed by atoms with van der Waals surface area (Å²) >= 11 is 0. The predicted octanol–water partition coefficient (Wildman–Crippen LogP) is 3.83. The predicted molar refractivity (Wildman–Crippen MR) is 94.1 cm³/mol. The van der Waals surface area contributed by atoms with Crippen molar-refractivity contribution < 1.29 is 4.79 Å². The molecule has 0 bridgehead atoms. The zero-order valence-corrected chi connectivity index (χ0v) is 12.6. The Hall–Kier alpha value is -3.14. The van der Waals surface area contributed by atoms with Gasteiger partial charge >= 0.3 is 6.03 Å². The van der Waals surface area contributed by atoms with E-state index in [-0.39, 0.29) is 0 Å². The van der Waals surface area contributed by atoms with Crippen molar-refractivity contribution in [2.24, 2.45) is 5.73 Å². The average Bonchev–Trinajstić information content (AvgIpc) is 2.62. The van der Waals surface area contributed by atoms with E-state index in [0.29, 0.717) is 6.54 Å². The number of carbonyl (C=O) groups is 1. The van der Waals surface area contributed by atoms with Gasteiger partial charge in [0.1, 0.15) is 0 Å². The molecule has 0 atom stereocenters. The van der Waals surface area contributed by atoms with Gasteiger partial charge in [0, 0.05) is 18.9 Å². The standard InChI is InChI=1S/C10H10N2O.C9H7N/c11-10(13)12-7-3-5-8-4-1-2-6-9(8)12;1-2-4-9-7-10-6-5-8(9)3-1/h1-6H,7H2,(H2,11,13);1-7H. The molecule has 1 aromatic heterocycles. The lowest BCUT2D eigenvalue weighted by molar-refractivity contribution is 0.254. The maximum atomic E-state index is 11.0. The number of benzene rings is 2. The molecule has 0 unspecified atom stereocenters. The van der Waals surface area contributed by atoms with Gasteiger partial charge in [-0.05, 0) is 28.5 Å². The van der Waals surface area contributed by atoms with Crippen LogP contribution in [0.4, 0.5) is 10.5 Å². The summed E-state index contributed by atoms with van der Waals surface area (Å²) in [5.41, 5.74) is 7.16. The van der Waals surface area contributed by atoms with Crippen LogP contribution in [0.1, 0.15) is 5.56 Å². The molecule has 4 heteroatoms. The number of hydrogen-bond donors (Lipinski definition) is 1. The van der Waals surface area contributed by atoms with E-state index in [1.165, 1.54) is 10.8 Å². The third-order valence-electron chi connectivity index (χ3n) is 3.63. The molecule has 0 spiro atoms. The number of amides is 2. The lowest BCUT2D eigenvalue weighted by Gasteiger charge is -2.23. The van der Waals surface area contributed by atoms with E-state index in [9.17, 15) is 4.79 Å². The molecule has 1 aliphatic heterocycles. The van der Waals surface area contributed by atoms with E-state index in [4.69, 9.17) is 5.73 Å². The fourth-order valence-electron chi connectivity index (χ4n) is 2.49. The molecule has 0 saturated heterocycles. The first kappa shape index (κ1) is 14.8. The maximum Gasteiger partial charge on any atom is 0.319 e. The molecule has 114 valence electrons. The molecular formula is C19H17N3O. The van der Waals surface area contributed by atoms with Crippen molar-refractivity contribution in [2.45, 2.75) is 0 Å². The second-order valence-electron chi connectivity index (χ2n) is 5.13. The number of urea groups is 1. The third kappa shape index (κ3) is 3.37. The number of pyridine rings is 1. The van der Waals surface area contributed by atoms with Crippen LogP contribution in [0.3, 0.4) is 0 Å². The van der Waals surface area contributed by atoms with Gasteiger partial charge in [-0.3, -0.25) is 9.88 Å². The zero-order valence-electron chi connectivity index (χ0n) is 12.6. The Kier molecular flexibility index (Phi) is 4.34. The van der Waals surface area contributed by atoms with Crippen molar-refractivity contribution in [1.82, 2.24) is 4.98 Å². The molecule has 0 fully saturated rings. The Morgan fingerprint density at radius 3 is 2.52 bits per heavy atom. The fraction of sp³-hybridized carbons (Fsp3) is 0.0526. The summed E-state index contributed by atoms with van der Waals surface area (Å²) < 4.78 is 0. The number of nitrogens with two attached hydrogens (primary N) is 1. The Labute approximate surface area is 134 Å². The summed E-state index contributed by atoms with van der Waals surface area (Å²) in [5, 5.41) is 2.45. The van der Waals surface area contributed by atoms with Gasteiger partial charge in [-0.25, -0.2) is 4.79 Å². The number of aromatic nitrogens is 1. The van der Waals surface area contributed by atoms with Crippen molar-refractivity contribution >= 4 is 28.6 Å². The molecule has 0 saturated carbocycles. The van der Waals surface area contributed by atoms with Gasteiger partial charge < -0.3 is 5.73 Å². The van der Waals surface area contributed by atoms with E-state index in [1.807, 2.05) is 67.0 Å². The van der Waals surface area contributed by atoms with Gasteiger partial charge in [0.25, 0.3) is 0 Å². The van der Waals surface area contributed by atoms with Crippen molar-refractivity contribution in [3.63, 3.8) is 0 Å². The van der Waals surface area contributed by atoms with Crippen LogP contribution in [0.5, 0.6) is 0 Å². The first-order valence-corrected chi connectivity index (χ1v) is 7.37. The molecule has 1 aliphatic rings. The topological polar surface area (TPSA) is 59.2 Å². The highest BCUT2D eigenvalue weighted by Gasteiger charge is 2.15. The van der Waals surface area contributed by atoms with Crippen LogP contribution < -0.4 is 10.6 Å². The molecule has 2 aromatic carbocycles. The lowest BCUT2D eigenvalue weighted by atomic mass is 10.1. The maximum absolute atomic E-state index is 11.0. The lowest BCUT2D eigenvalue weighted by Crippen LogP contribution is -2.37. The average molecular weight is 303 g/mol. The normalized spacial score (nSPS) is 12.3. The third-order valence-corrected chi connectivity index (χ3v) is 3.63. The van der Waals surface area contributed by atoms with Crippen LogP contribution in [-0.2, 0) is 0 Å². The van der Waals surface area contributed by atoms with Crippen LogP contribution in [-0.4, -0.2) is 17.6 Å². The first-order valence-electron chi connectivity index (χ1n) is 7.37. The number of fused-ring (bicyclic) bond motifs is 2. The molecule has 3 aromatic rings. The Balaban J connectivity index is 0.000000140. The van der Waals surface area contributed by atoms with Gasteiger partial charge in [-0.2, -0.15) is 0 Å². The quantitative estimate of drug-likeness (QED) is 0.686. The molecule has 4 rings (SSSR count). The largest absolute Gasteiger partial charge is 0.351 e. The Bertz CT molecular complexity index is 792. The van der Waals surface area contributed by atoms with Crippen LogP contribution in [0.15, 0.2) is 73.1 Å². The van der Waals surface area contributed by atoms with E-state index in [1.54, 1.807) is 4.90 Å². The minimum absolute atomic E-state index is 0.406. The molecule has 2 heterocycles. The van der Waals surface area contributed by atoms with Crippen molar-refractivity contribution in [1.29, 1.82) is 0 Å². The number of nitrogens with zero attached hydrogens (tertiary/aromatic N) is 2. The van der Waals surface area contributed by atoms with E-state index in [2.05, 4.69) is 17.1 Å². The van der Waals surface area contributed by atoms with Crippen LogP contribution >= 0.6 is 0 Å². The van der Waals surface area contributed by atoms with Crippen molar-refractivity contribution in [2.75, 3.05) is 11.4 Å². The summed E-state index contributed by atoms with van der Waals surface area (Å²) in [4.78, 5) is 16.6. The minimum Gasteiger partial charge on any atom is -0.351 e. The van der Waals surface area contributed by atoms with Gasteiger partial charge in [-0.15, -0.1) is 0 Å². The molecular weight excluding hydrogens is 286 g/mol. The van der Waals surface area contributed by atoms with E-state index >= 15 is 0 Å². The van der Waals surface area contributed by atoms with Crippen molar-refractivity contribution in [3.05, 3.63) is 78.6 Å². The number of anilines is 1. The van der Waals surface area contributed by atoms with E-state index < -0.39 is 6.03 Å². The summed E-state index contributed by atoms with van der Waals surface area (Å²) in [6.07, 6.45) is 7.60. The zero-order chi connectivity index (χ0) is 16.1. The number of primary amides is 1. The minimum atomic E-state index is -0.406. The highest BCUT2D eigenvalue weighted by atomic mass is 16.2. The van der Waals surface area contributed by atoms with E-state index in [0.717, 1.165) is 11.3 Å². The van der Waals surface area contributed by atoms with Crippen LogP contribution in [0, 0.1) is 0 Å². The number of hydrogen-bond acceptors (Lipinski definition) is 2. The molecule has 0 aliphatic carbocycles.